The normalized spacial score (nSPS) is 15.4. The zero-order valence-corrected chi connectivity index (χ0v) is 23.0. The number of nitrogens with zero attached hydrogens (tertiary/aromatic N) is 5. The van der Waals surface area contributed by atoms with Crippen LogP contribution in [0.3, 0.4) is 0 Å². The van der Waals surface area contributed by atoms with Crippen LogP contribution in [0.15, 0.2) is 47.8 Å². The molecule has 1 saturated heterocycles. The van der Waals surface area contributed by atoms with Crippen LogP contribution in [0, 0.1) is 12.7 Å². The van der Waals surface area contributed by atoms with E-state index in [1.165, 1.54) is 40.7 Å². The molecule has 0 bridgehead atoms. The van der Waals surface area contributed by atoms with Gasteiger partial charge in [-0.3, -0.25) is 14.2 Å². The Bertz CT molecular complexity index is 1620. The van der Waals surface area contributed by atoms with Crippen molar-refractivity contribution in [2.24, 2.45) is 0 Å². The van der Waals surface area contributed by atoms with Gasteiger partial charge in [0.2, 0.25) is 11.9 Å². The van der Waals surface area contributed by atoms with Crippen LogP contribution in [0.5, 0.6) is 5.75 Å². The maximum Gasteiger partial charge on any atom is 0.278 e. The summed E-state index contributed by atoms with van der Waals surface area (Å²) in [5.41, 5.74) is 2.32. The first-order chi connectivity index (χ1) is 19.8. The summed E-state index contributed by atoms with van der Waals surface area (Å²) in [6.07, 6.45) is 6.46. The number of methoxy groups -OCH3 is 1. The number of ether oxygens (including phenoxy) is 2. The largest absolute Gasteiger partial charge is 0.497 e. The first kappa shape index (κ1) is 28.2. The molecule has 1 aromatic carbocycles. The van der Waals surface area contributed by atoms with Crippen LogP contribution in [0.1, 0.15) is 43.0 Å². The number of fused-ring (bicyclic) bond motifs is 1. The van der Waals surface area contributed by atoms with Crippen LogP contribution >= 0.6 is 0 Å². The van der Waals surface area contributed by atoms with Gasteiger partial charge in [-0.05, 0) is 56.0 Å². The molecule has 1 aliphatic heterocycles. The SMILES string of the molecule is COc1cc(F)cc([C@@H](CO)NC(=O)C(C)n2cnn3cc(-c4nc(NC5CCOCC5)ncc4C)cc3c2=O)c1. The van der Waals surface area contributed by atoms with E-state index in [0.717, 1.165) is 18.4 Å². The predicted octanol–water partition coefficient (Wildman–Crippen LogP) is 2.41. The second-order valence-electron chi connectivity index (χ2n) is 10.0. The Morgan fingerprint density at radius 3 is 2.78 bits per heavy atom. The van der Waals surface area contributed by atoms with Gasteiger partial charge in [0.15, 0.2) is 0 Å². The Kier molecular flexibility index (Phi) is 8.26. The van der Waals surface area contributed by atoms with Gasteiger partial charge < -0.3 is 25.2 Å². The molecule has 1 aliphatic rings. The highest BCUT2D eigenvalue weighted by atomic mass is 19.1. The minimum Gasteiger partial charge on any atom is -0.497 e. The molecule has 1 fully saturated rings. The minimum atomic E-state index is -0.973. The summed E-state index contributed by atoms with van der Waals surface area (Å²) in [4.78, 5) is 35.7. The van der Waals surface area contributed by atoms with Crippen molar-refractivity contribution in [1.29, 1.82) is 0 Å². The van der Waals surface area contributed by atoms with Gasteiger partial charge in [0, 0.05) is 43.3 Å². The van der Waals surface area contributed by atoms with Gasteiger partial charge >= 0.3 is 0 Å². The number of anilines is 1. The number of carbonyl (C=O) groups excluding carboxylic acids is 1. The topological polar surface area (TPSA) is 145 Å². The highest BCUT2D eigenvalue weighted by Gasteiger charge is 2.23. The fourth-order valence-corrected chi connectivity index (χ4v) is 4.79. The summed E-state index contributed by atoms with van der Waals surface area (Å²) >= 11 is 0. The highest BCUT2D eigenvalue weighted by molar-refractivity contribution is 5.80. The van der Waals surface area contributed by atoms with Crippen molar-refractivity contribution in [3.05, 3.63) is 70.3 Å². The van der Waals surface area contributed by atoms with E-state index in [-0.39, 0.29) is 17.3 Å². The average Bonchev–Trinajstić information content (AvgIpc) is 3.42. The molecular weight excluding hydrogens is 533 g/mol. The van der Waals surface area contributed by atoms with Crippen molar-refractivity contribution >= 4 is 17.4 Å². The van der Waals surface area contributed by atoms with Gasteiger partial charge in [-0.15, -0.1) is 0 Å². The quantitative estimate of drug-likeness (QED) is 0.279. The molecule has 1 amide bonds. The molecule has 0 spiro atoms. The van der Waals surface area contributed by atoms with Crippen molar-refractivity contribution < 1.29 is 23.8 Å². The van der Waals surface area contributed by atoms with Crippen molar-refractivity contribution in [3.63, 3.8) is 0 Å². The predicted molar refractivity (Wildman–Crippen MR) is 148 cm³/mol. The number of carbonyl (C=O) groups is 1. The lowest BCUT2D eigenvalue weighted by Gasteiger charge is -2.23. The molecule has 0 radical (unpaired) electrons. The summed E-state index contributed by atoms with van der Waals surface area (Å²) in [5.74, 6) is -0.373. The van der Waals surface area contributed by atoms with E-state index < -0.39 is 36.0 Å². The van der Waals surface area contributed by atoms with E-state index in [1.54, 1.807) is 25.4 Å². The molecule has 3 N–H and O–H groups in total. The molecule has 4 heterocycles. The number of aliphatic hydroxyl groups excluding tert-OH is 1. The number of nitrogens with one attached hydrogen (secondary N) is 2. The van der Waals surface area contributed by atoms with E-state index in [9.17, 15) is 19.1 Å². The number of aryl methyl sites for hydroxylation is 1. The molecule has 4 aromatic rings. The first-order valence-corrected chi connectivity index (χ1v) is 13.3. The van der Waals surface area contributed by atoms with Crippen molar-refractivity contribution in [2.45, 2.75) is 44.8 Å². The zero-order valence-electron chi connectivity index (χ0n) is 23.0. The summed E-state index contributed by atoms with van der Waals surface area (Å²) in [6, 6.07) is 3.94. The fraction of sp³-hybridized carbons (Fsp3) is 0.393. The lowest BCUT2D eigenvalue weighted by molar-refractivity contribution is -0.125. The van der Waals surface area contributed by atoms with Crippen molar-refractivity contribution in [1.82, 2.24) is 29.5 Å². The van der Waals surface area contributed by atoms with Gasteiger partial charge in [0.05, 0.1) is 25.5 Å². The van der Waals surface area contributed by atoms with Crippen molar-refractivity contribution in [3.8, 4) is 17.0 Å². The number of amides is 1. The van der Waals surface area contributed by atoms with E-state index >= 15 is 0 Å². The third-order valence-electron chi connectivity index (χ3n) is 7.18. The van der Waals surface area contributed by atoms with E-state index in [4.69, 9.17) is 14.5 Å². The molecule has 2 atom stereocenters. The number of hydrogen-bond acceptors (Lipinski definition) is 9. The summed E-state index contributed by atoms with van der Waals surface area (Å²) < 4.78 is 27.2. The molecule has 216 valence electrons. The Morgan fingerprint density at radius 1 is 1.27 bits per heavy atom. The minimum absolute atomic E-state index is 0.224. The van der Waals surface area contributed by atoms with E-state index in [0.29, 0.717) is 36.0 Å². The number of benzene rings is 1. The molecular formula is C28H32FN7O5. The number of aliphatic hydroxyl groups is 1. The van der Waals surface area contributed by atoms with Crippen LogP contribution in [-0.4, -0.2) is 68.1 Å². The fourth-order valence-electron chi connectivity index (χ4n) is 4.79. The lowest BCUT2D eigenvalue weighted by Crippen LogP contribution is -2.39. The standard InChI is InChI=1S/C28H32FN7O5/c1-16-12-30-28(32-21-4-6-41-7-5-21)34-25(16)19-10-24-27(39)35(15-31-36(24)13-19)17(2)26(38)33-23(14-37)18-8-20(29)11-22(9-18)40-3/h8-13,15,17,21,23,37H,4-7,14H2,1-3H3,(H,33,38)(H,30,32,34)/t17?,23-/m1/s1. The smallest absolute Gasteiger partial charge is 0.278 e. The molecule has 0 saturated carbocycles. The van der Waals surface area contributed by atoms with E-state index in [2.05, 4.69) is 20.7 Å². The van der Waals surface area contributed by atoms with Crippen LogP contribution in [0.4, 0.5) is 10.3 Å². The third-order valence-corrected chi connectivity index (χ3v) is 7.18. The zero-order chi connectivity index (χ0) is 29.1. The van der Waals surface area contributed by atoms with Crippen LogP contribution < -0.4 is 20.9 Å². The maximum atomic E-state index is 14.0. The Balaban J connectivity index is 1.38. The summed E-state index contributed by atoms with van der Waals surface area (Å²) in [6.45, 7) is 4.33. The molecule has 5 rings (SSSR count). The number of aromatic nitrogens is 5. The molecule has 3 aromatic heterocycles. The average molecular weight is 566 g/mol. The summed E-state index contributed by atoms with van der Waals surface area (Å²) in [7, 11) is 1.39. The van der Waals surface area contributed by atoms with Gasteiger partial charge in [0.1, 0.15) is 29.5 Å². The lowest BCUT2D eigenvalue weighted by atomic mass is 10.1. The Morgan fingerprint density at radius 2 is 2.05 bits per heavy atom. The first-order valence-electron chi connectivity index (χ1n) is 13.3. The number of halogens is 1. The van der Waals surface area contributed by atoms with Gasteiger partial charge in [-0.2, -0.15) is 5.10 Å². The summed E-state index contributed by atoms with van der Waals surface area (Å²) in [5, 5.41) is 20.3. The van der Waals surface area contributed by atoms with Gasteiger partial charge in [0.25, 0.3) is 5.56 Å². The molecule has 12 nitrogen and oxygen atoms in total. The third kappa shape index (κ3) is 6.05. The van der Waals surface area contributed by atoms with Crippen molar-refractivity contribution in [2.75, 3.05) is 32.2 Å². The van der Waals surface area contributed by atoms with Gasteiger partial charge in [-0.25, -0.2) is 18.9 Å². The second kappa shape index (κ2) is 12.0. The molecule has 13 heteroatoms. The number of hydrogen-bond donors (Lipinski definition) is 3. The highest BCUT2D eigenvalue weighted by Crippen LogP contribution is 2.25. The van der Waals surface area contributed by atoms with Gasteiger partial charge in [-0.1, -0.05) is 0 Å². The number of rotatable bonds is 9. The van der Waals surface area contributed by atoms with E-state index in [1.807, 2.05) is 6.92 Å². The van der Waals surface area contributed by atoms with Crippen LogP contribution in [0.25, 0.3) is 16.8 Å². The monoisotopic (exact) mass is 565 g/mol. The second-order valence-corrected chi connectivity index (χ2v) is 10.0. The molecule has 0 aliphatic carbocycles. The van der Waals surface area contributed by atoms with Crippen LogP contribution in [-0.2, 0) is 9.53 Å². The molecule has 41 heavy (non-hydrogen) atoms. The Labute approximate surface area is 235 Å². The molecule has 1 unspecified atom stereocenters. The van der Waals surface area contributed by atoms with Crippen LogP contribution in [0.2, 0.25) is 0 Å². The maximum absolute atomic E-state index is 14.0. The Hall–Kier alpha value is -4.36.